The van der Waals surface area contributed by atoms with Crippen molar-refractivity contribution in [1.82, 2.24) is 4.90 Å². The van der Waals surface area contributed by atoms with Crippen LogP contribution < -0.4 is 0 Å². The van der Waals surface area contributed by atoms with Crippen LogP contribution in [0.2, 0.25) is 0 Å². The van der Waals surface area contributed by atoms with Crippen molar-refractivity contribution in [1.29, 1.82) is 0 Å². The molecule has 4 nitrogen and oxygen atoms in total. The van der Waals surface area contributed by atoms with Gasteiger partial charge in [0.2, 0.25) is 0 Å². The first-order valence-electron chi connectivity index (χ1n) is 5.47. The molecule has 1 N–H and O–H groups in total. The Morgan fingerprint density at radius 2 is 1.93 bits per heavy atom. The number of hydrogen-bond acceptors (Lipinski definition) is 3. The molecule has 0 aromatic heterocycles. The van der Waals surface area contributed by atoms with Crippen LogP contribution in [-0.2, 0) is 10.1 Å². The zero-order chi connectivity index (χ0) is 11.9. The molecule has 1 atom stereocenters. The van der Waals surface area contributed by atoms with Crippen molar-refractivity contribution in [3.63, 3.8) is 0 Å². The zero-order valence-corrected chi connectivity index (χ0v) is 10.8. The third kappa shape index (κ3) is 10.2. The average molecular weight is 237 g/mol. The maximum Gasteiger partial charge on any atom is 0.261 e. The summed E-state index contributed by atoms with van der Waals surface area (Å²) in [6, 6.07) is 0.902. The fourth-order valence-corrected chi connectivity index (χ4v) is 1.84. The molecule has 0 aromatic rings. The van der Waals surface area contributed by atoms with Crippen molar-refractivity contribution in [2.45, 2.75) is 45.1 Å². The molecular formula is C10H23NO3S. The SMILES string of the molecule is CCCC1CCCCN1C.CS(=O)(=O)O. The van der Waals surface area contributed by atoms with Gasteiger partial charge in [0, 0.05) is 6.04 Å². The summed E-state index contributed by atoms with van der Waals surface area (Å²) in [6.07, 6.45) is 7.76. The molecule has 0 spiro atoms. The van der Waals surface area contributed by atoms with Crippen LogP contribution in [-0.4, -0.2) is 43.8 Å². The van der Waals surface area contributed by atoms with E-state index in [-0.39, 0.29) is 0 Å². The molecule has 0 aliphatic carbocycles. The number of piperidine rings is 1. The van der Waals surface area contributed by atoms with Gasteiger partial charge in [-0.3, -0.25) is 4.55 Å². The van der Waals surface area contributed by atoms with Crippen molar-refractivity contribution in [3.8, 4) is 0 Å². The van der Waals surface area contributed by atoms with Gasteiger partial charge in [0.15, 0.2) is 0 Å². The summed E-state index contributed by atoms with van der Waals surface area (Å²) >= 11 is 0. The fourth-order valence-electron chi connectivity index (χ4n) is 1.84. The normalized spacial score (nSPS) is 23.1. The summed E-state index contributed by atoms with van der Waals surface area (Å²) in [5.41, 5.74) is 0. The second-order valence-electron chi connectivity index (χ2n) is 4.15. The fraction of sp³-hybridized carbons (Fsp3) is 1.00. The van der Waals surface area contributed by atoms with Crippen LogP contribution in [0, 0.1) is 0 Å². The maximum atomic E-state index is 9.19. The first kappa shape index (κ1) is 14.9. The molecule has 1 saturated heterocycles. The van der Waals surface area contributed by atoms with Crippen LogP contribution >= 0.6 is 0 Å². The van der Waals surface area contributed by atoms with Crippen molar-refractivity contribution in [2.24, 2.45) is 0 Å². The van der Waals surface area contributed by atoms with E-state index in [2.05, 4.69) is 18.9 Å². The van der Waals surface area contributed by atoms with Gasteiger partial charge in [-0.15, -0.1) is 0 Å². The molecule has 0 saturated carbocycles. The van der Waals surface area contributed by atoms with Gasteiger partial charge in [-0.25, -0.2) is 0 Å². The predicted octanol–water partition coefficient (Wildman–Crippen LogP) is 1.77. The van der Waals surface area contributed by atoms with E-state index in [0.717, 1.165) is 6.04 Å². The lowest BCUT2D eigenvalue weighted by atomic mass is 9.99. The Kier molecular flexibility index (Phi) is 7.13. The number of rotatable bonds is 2. The molecule has 1 fully saturated rings. The Balaban J connectivity index is 0.000000336. The van der Waals surface area contributed by atoms with E-state index < -0.39 is 10.1 Å². The minimum Gasteiger partial charge on any atom is -0.303 e. The van der Waals surface area contributed by atoms with E-state index >= 15 is 0 Å². The lowest BCUT2D eigenvalue weighted by Gasteiger charge is -2.32. The first-order chi connectivity index (χ1) is 6.84. The minimum absolute atomic E-state index is 0.715. The van der Waals surface area contributed by atoms with Gasteiger partial charge in [-0.2, -0.15) is 8.42 Å². The highest BCUT2D eigenvalue weighted by molar-refractivity contribution is 7.85. The molecule has 0 bridgehead atoms. The molecule has 0 aromatic carbocycles. The van der Waals surface area contributed by atoms with Crippen molar-refractivity contribution in [2.75, 3.05) is 19.8 Å². The first-order valence-corrected chi connectivity index (χ1v) is 7.32. The molecule has 0 amide bonds. The highest BCUT2D eigenvalue weighted by atomic mass is 32.2. The van der Waals surface area contributed by atoms with Gasteiger partial charge in [0.1, 0.15) is 0 Å². The van der Waals surface area contributed by atoms with Crippen LogP contribution in [0.3, 0.4) is 0 Å². The predicted molar refractivity (Wildman–Crippen MR) is 62.6 cm³/mol. The van der Waals surface area contributed by atoms with Crippen molar-refractivity contribution >= 4 is 10.1 Å². The van der Waals surface area contributed by atoms with Crippen molar-refractivity contribution < 1.29 is 13.0 Å². The van der Waals surface area contributed by atoms with Gasteiger partial charge in [0.05, 0.1) is 6.26 Å². The molecule has 1 unspecified atom stereocenters. The van der Waals surface area contributed by atoms with Gasteiger partial charge in [-0.05, 0) is 32.9 Å². The minimum atomic E-state index is -3.67. The van der Waals surface area contributed by atoms with E-state index in [0.29, 0.717) is 6.26 Å². The summed E-state index contributed by atoms with van der Waals surface area (Å²) < 4.78 is 25.9. The quantitative estimate of drug-likeness (QED) is 0.744. The Morgan fingerprint density at radius 3 is 2.33 bits per heavy atom. The van der Waals surface area contributed by atoms with E-state index in [4.69, 9.17) is 4.55 Å². The number of hydrogen-bond donors (Lipinski definition) is 1. The Labute approximate surface area is 93.4 Å². The van der Waals surface area contributed by atoms with Gasteiger partial charge >= 0.3 is 0 Å². The molecule has 5 heteroatoms. The Hall–Kier alpha value is -0.130. The molecular weight excluding hydrogens is 214 g/mol. The van der Waals surface area contributed by atoms with E-state index in [9.17, 15) is 8.42 Å². The van der Waals surface area contributed by atoms with Gasteiger partial charge in [0.25, 0.3) is 10.1 Å². The second-order valence-corrected chi connectivity index (χ2v) is 5.62. The average Bonchev–Trinajstić information content (AvgIpc) is 2.06. The molecule has 1 aliphatic rings. The summed E-state index contributed by atoms with van der Waals surface area (Å²) in [5.74, 6) is 0. The van der Waals surface area contributed by atoms with Gasteiger partial charge in [-0.1, -0.05) is 19.8 Å². The monoisotopic (exact) mass is 237 g/mol. The molecule has 1 heterocycles. The second kappa shape index (κ2) is 7.19. The maximum absolute atomic E-state index is 9.19. The number of nitrogens with zero attached hydrogens (tertiary/aromatic N) is 1. The Bertz CT molecular complexity index is 241. The largest absolute Gasteiger partial charge is 0.303 e. The summed E-state index contributed by atoms with van der Waals surface area (Å²) in [4.78, 5) is 2.52. The third-order valence-corrected chi connectivity index (χ3v) is 2.54. The lowest BCUT2D eigenvalue weighted by molar-refractivity contribution is 0.175. The summed E-state index contributed by atoms with van der Waals surface area (Å²) in [6.45, 7) is 3.60. The highest BCUT2D eigenvalue weighted by Crippen LogP contribution is 2.18. The highest BCUT2D eigenvalue weighted by Gasteiger charge is 2.16. The van der Waals surface area contributed by atoms with Crippen molar-refractivity contribution in [3.05, 3.63) is 0 Å². The van der Waals surface area contributed by atoms with Crippen LogP contribution in [0.5, 0.6) is 0 Å². The summed E-state index contributed by atoms with van der Waals surface area (Å²) in [5, 5.41) is 0. The van der Waals surface area contributed by atoms with E-state index in [1.807, 2.05) is 0 Å². The van der Waals surface area contributed by atoms with E-state index in [1.54, 1.807) is 0 Å². The standard InChI is InChI=1S/C9H19N.CH4O3S/c1-3-6-9-7-4-5-8-10(9)2;1-5(2,3)4/h9H,3-8H2,1-2H3;1H3,(H,2,3,4). The van der Waals surface area contributed by atoms with Crippen LogP contribution in [0.1, 0.15) is 39.0 Å². The van der Waals surface area contributed by atoms with Crippen LogP contribution in [0.4, 0.5) is 0 Å². The third-order valence-electron chi connectivity index (χ3n) is 2.54. The van der Waals surface area contributed by atoms with Crippen LogP contribution in [0.25, 0.3) is 0 Å². The number of likely N-dealkylation sites (tertiary alicyclic amines) is 1. The molecule has 0 radical (unpaired) electrons. The Morgan fingerprint density at radius 1 is 1.40 bits per heavy atom. The molecule has 15 heavy (non-hydrogen) atoms. The summed E-state index contributed by atoms with van der Waals surface area (Å²) in [7, 11) is -1.40. The molecule has 1 rings (SSSR count). The molecule has 92 valence electrons. The smallest absolute Gasteiger partial charge is 0.261 e. The topological polar surface area (TPSA) is 57.6 Å². The zero-order valence-electron chi connectivity index (χ0n) is 9.94. The molecule has 1 aliphatic heterocycles. The van der Waals surface area contributed by atoms with Gasteiger partial charge < -0.3 is 4.90 Å². The van der Waals surface area contributed by atoms with Crippen LogP contribution in [0.15, 0.2) is 0 Å². The lowest BCUT2D eigenvalue weighted by Crippen LogP contribution is -2.35. The van der Waals surface area contributed by atoms with E-state index in [1.165, 1.54) is 38.6 Å².